The Morgan fingerprint density at radius 3 is 2.10 bits per heavy atom. The molecule has 0 fully saturated rings. The Balaban J connectivity index is 3.10. The van der Waals surface area contributed by atoms with Crippen molar-refractivity contribution in [1.82, 2.24) is 5.32 Å². The number of hydrogen-bond donors (Lipinski definition) is 1. The summed E-state index contributed by atoms with van der Waals surface area (Å²) >= 11 is 0. The summed E-state index contributed by atoms with van der Waals surface area (Å²) < 4.78 is 11.4. The van der Waals surface area contributed by atoms with Crippen LogP contribution in [0.3, 0.4) is 0 Å². The van der Waals surface area contributed by atoms with Gasteiger partial charge >= 0.3 is 0 Å². The van der Waals surface area contributed by atoms with Gasteiger partial charge in [0.2, 0.25) is 0 Å². The van der Waals surface area contributed by atoms with Crippen molar-refractivity contribution in [2.75, 3.05) is 19.8 Å². The zero-order valence-electron chi connectivity index (χ0n) is 14.4. The Morgan fingerprint density at radius 1 is 0.952 bits per heavy atom. The van der Waals surface area contributed by atoms with E-state index < -0.39 is 0 Å². The molecule has 21 heavy (non-hydrogen) atoms. The van der Waals surface area contributed by atoms with Crippen LogP contribution in [0.5, 0.6) is 11.5 Å². The molecule has 0 aliphatic rings. The first-order chi connectivity index (χ1) is 10.0. The maximum absolute atomic E-state index is 5.75. The number of ether oxygens (including phenoxy) is 2. The summed E-state index contributed by atoms with van der Waals surface area (Å²) in [5.41, 5.74) is 1.27. The van der Waals surface area contributed by atoms with Gasteiger partial charge in [-0.15, -0.1) is 0 Å². The molecule has 1 N–H and O–H groups in total. The van der Waals surface area contributed by atoms with Crippen LogP contribution in [0.15, 0.2) is 18.2 Å². The lowest BCUT2D eigenvalue weighted by Gasteiger charge is -2.28. The normalized spacial score (nSPS) is 14.0. The van der Waals surface area contributed by atoms with Crippen molar-refractivity contribution in [3.63, 3.8) is 0 Å². The first-order valence-electron chi connectivity index (χ1n) is 8.17. The molecule has 1 aromatic carbocycles. The van der Waals surface area contributed by atoms with Gasteiger partial charge in [0.15, 0.2) is 11.5 Å². The zero-order valence-corrected chi connectivity index (χ0v) is 14.4. The molecule has 0 saturated carbocycles. The highest BCUT2D eigenvalue weighted by atomic mass is 16.5. The van der Waals surface area contributed by atoms with E-state index in [0.717, 1.165) is 18.0 Å². The lowest BCUT2D eigenvalue weighted by Crippen LogP contribution is -2.29. The van der Waals surface area contributed by atoms with Crippen LogP contribution < -0.4 is 14.8 Å². The number of hydrogen-bond acceptors (Lipinski definition) is 3. The molecule has 0 spiro atoms. The van der Waals surface area contributed by atoms with Gasteiger partial charge in [0, 0.05) is 6.04 Å². The maximum Gasteiger partial charge on any atom is 0.161 e. The molecule has 3 heteroatoms. The van der Waals surface area contributed by atoms with Gasteiger partial charge in [-0.25, -0.2) is 0 Å². The fourth-order valence-electron chi connectivity index (χ4n) is 2.47. The van der Waals surface area contributed by atoms with E-state index in [2.05, 4.69) is 45.1 Å². The second-order valence-electron chi connectivity index (χ2n) is 5.71. The molecule has 0 aliphatic carbocycles. The minimum absolute atomic E-state index is 0.338. The van der Waals surface area contributed by atoms with Gasteiger partial charge in [0.25, 0.3) is 0 Å². The van der Waals surface area contributed by atoms with Gasteiger partial charge in [0.1, 0.15) is 0 Å². The molecule has 2 atom stereocenters. The summed E-state index contributed by atoms with van der Waals surface area (Å²) in [5.74, 6) is 2.85. The molecular weight excluding hydrogens is 262 g/mol. The van der Waals surface area contributed by atoms with E-state index in [1.165, 1.54) is 5.56 Å². The van der Waals surface area contributed by atoms with Gasteiger partial charge in [-0.3, -0.25) is 0 Å². The lowest BCUT2D eigenvalue weighted by atomic mass is 9.86. The molecule has 0 aliphatic heterocycles. The molecule has 0 amide bonds. The van der Waals surface area contributed by atoms with Gasteiger partial charge in [-0.2, -0.15) is 0 Å². The fraction of sp³-hybridized carbons (Fsp3) is 0.667. The van der Waals surface area contributed by atoms with Crippen LogP contribution >= 0.6 is 0 Å². The Labute approximate surface area is 130 Å². The van der Waals surface area contributed by atoms with Gasteiger partial charge in [-0.1, -0.05) is 33.8 Å². The molecule has 0 bridgehead atoms. The fourth-order valence-corrected chi connectivity index (χ4v) is 2.47. The first-order valence-corrected chi connectivity index (χ1v) is 8.17. The van der Waals surface area contributed by atoms with E-state index in [0.29, 0.717) is 31.1 Å². The van der Waals surface area contributed by atoms with Crippen molar-refractivity contribution in [2.45, 2.75) is 47.6 Å². The lowest BCUT2D eigenvalue weighted by molar-refractivity contribution is 0.283. The molecule has 0 saturated heterocycles. The third-order valence-electron chi connectivity index (χ3n) is 3.93. The highest BCUT2D eigenvalue weighted by Crippen LogP contribution is 2.34. The van der Waals surface area contributed by atoms with Crippen molar-refractivity contribution in [2.24, 2.45) is 11.8 Å². The van der Waals surface area contributed by atoms with Gasteiger partial charge < -0.3 is 14.8 Å². The van der Waals surface area contributed by atoms with E-state index in [-0.39, 0.29) is 0 Å². The van der Waals surface area contributed by atoms with Crippen molar-refractivity contribution >= 4 is 0 Å². The first kappa shape index (κ1) is 17.8. The predicted octanol–water partition coefficient (Wildman–Crippen LogP) is 4.43. The van der Waals surface area contributed by atoms with Crippen LogP contribution in [0.2, 0.25) is 0 Å². The third-order valence-corrected chi connectivity index (χ3v) is 3.93. The van der Waals surface area contributed by atoms with Crippen LogP contribution in [0.1, 0.15) is 53.1 Å². The van der Waals surface area contributed by atoms with Crippen molar-refractivity contribution in [3.8, 4) is 11.5 Å². The van der Waals surface area contributed by atoms with Gasteiger partial charge in [0.05, 0.1) is 13.2 Å². The average molecular weight is 293 g/mol. The Bertz CT molecular complexity index is 418. The number of benzene rings is 1. The van der Waals surface area contributed by atoms with E-state index in [1.807, 2.05) is 19.9 Å². The second kappa shape index (κ2) is 8.93. The summed E-state index contributed by atoms with van der Waals surface area (Å²) in [6.45, 7) is 15.2. The Kier molecular flexibility index (Phi) is 7.58. The monoisotopic (exact) mass is 293 g/mol. The second-order valence-corrected chi connectivity index (χ2v) is 5.71. The summed E-state index contributed by atoms with van der Waals surface area (Å²) in [5, 5.41) is 3.60. The summed E-state index contributed by atoms with van der Waals surface area (Å²) in [6.07, 6.45) is 0. The van der Waals surface area contributed by atoms with Crippen LogP contribution in [-0.4, -0.2) is 19.8 Å². The maximum atomic E-state index is 5.75. The largest absolute Gasteiger partial charge is 0.490 e. The minimum atomic E-state index is 0.338. The van der Waals surface area contributed by atoms with Crippen LogP contribution in [0.25, 0.3) is 0 Å². The number of nitrogens with one attached hydrogen (secondary N) is 1. The Morgan fingerprint density at radius 2 is 1.57 bits per heavy atom. The smallest absolute Gasteiger partial charge is 0.161 e. The van der Waals surface area contributed by atoms with Crippen molar-refractivity contribution in [3.05, 3.63) is 23.8 Å². The summed E-state index contributed by atoms with van der Waals surface area (Å²) in [6, 6.07) is 6.65. The van der Waals surface area contributed by atoms with E-state index in [9.17, 15) is 0 Å². The number of rotatable bonds is 9. The van der Waals surface area contributed by atoms with E-state index in [4.69, 9.17) is 9.47 Å². The third kappa shape index (κ3) is 4.92. The molecule has 120 valence electrons. The predicted molar refractivity (Wildman–Crippen MR) is 89.2 cm³/mol. The van der Waals surface area contributed by atoms with Crippen LogP contribution in [-0.2, 0) is 0 Å². The highest BCUT2D eigenvalue weighted by Gasteiger charge is 2.22. The average Bonchev–Trinajstić information content (AvgIpc) is 2.46. The molecule has 3 nitrogen and oxygen atoms in total. The van der Waals surface area contributed by atoms with Crippen LogP contribution in [0, 0.1) is 11.8 Å². The van der Waals surface area contributed by atoms with Crippen molar-refractivity contribution in [1.29, 1.82) is 0 Å². The summed E-state index contributed by atoms with van der Waals surface area (Å²) in [4.78, 5) is 0. The quantitative estimate of drug-likeness (QED) is 0.730. The SMILES string of the molecule is CCNC(c1ccc(OCC)c(OCC)c1)C(C)C(C)C. The summed E-state index contributed by atoms with van der Waals surface area (Å²) in [7, 11) is 0. The molecule has 0 aromatic heterocycles. The molecular formula is C18H31NO2. The molecule has 1 aromatic rings. The molecule has 0 radical (unpaired) electrons. The standard InChI is InChI=1S/C18H31NO2/c1-7-19-18(14(6)13(4)5)15-10-11-16(20-8-2)17(12-15)21-9-3/h10-14,18-19H,7-9H2,1-6H3. The molecule has 1 rings (SSSR count). The van der Waals surface area contributed by atoms with E-state index in [1.54, 1.807) is 0 Å². The van der Waals surface area contributed by atoms with Crippen molar-refractivity contribution < 1.29 is 9.47 Å². The Hall–Kier alpha value is -1.22. The topological polar surface area (TPSA) is 30.5 Å². The van der Waals surface area contributed by atoms with E-state index >= 15 is 0 Å². The molecule has 0 heterocycles. The minimum Gasteiger partial charge on any atom is -0.490 e. The zero-order chi connectivity index (χ0) is 15.8. The molecule has 2 unspecified atom stereocenters. The van der Waals surface area contributed by atoms with Crippen LogP contribution in [0.4, 0.5) is 0 Å². The van der Waals surface area contributed by atoms with Gasteiger partial charge in [-0.05, 0) is 49.9 Å². The highest BCUT2D eigenvalue weighted by molar-refractivity contribution is 5.44.